The molecule has 0 aromatic heterocycles. The largest absolute Gasteiger partial charge is 0.545 e. The molecule has 4 rings (SSSR count). The summed E-state index contributed by atoms with van der Waals surface area (Å²) < 4.78 is 20.7. The number of methoxy groups -OCH3 is 4. The molecule has 0 aliphatic carbocycles. The van der Waals surface area contributed by atoms with Gasteiger partial charge in [0.15, 0.2) is 0 Å². The lowest BCUT2D eigenvalue weighted by Crippen LogP contribution is -2.25. The summed E-state index contributed by atoms with van der Waals surface area (Å²) in [5, 5.41) is 29.1. The van der Waals surface area contributed by atoms with Gasteiger partial charge in [0.25, 0.3) is 11.8 Å². The fraction of sp³-hybridized carbons (Fsp3) is 0.152. The average Bonchev–Trinajstić information content (AvgIpc) is 3.05. The van der Waals surface area contributed by atoms with Crippen molar-refractivity contribution in [3.63, 3.8) is 0 Å². The van der Waals surface area contributed by atoms with Gasteiger partial charge in [-0.25, -0.2) is 0 Å². The van der Waals surface area contributed by atoms with Crippen molar-refractivity contribution in [2.75, 3.05) is 39.1 Å². The molecule has 4 aromatic rings. The Morgan fingerprint density at radius 2 is 0.867 bits per heavy atom. The molecule has 2 amide bonds. The molecule has 0 aliphatic rings. The first kappa shape index (κ1) is 31.9. The number of hydrogen-bond acceptors (Lipinski definition) is 10. The second kappa shape index (κ2) is 14.0. The highest BCUT2D eigenvalue weighted by atomic mass is 16.5. The van der Waals surface area contributed by atoms with Crippen LogP contribution in [0.15, 0.2) is 72.8 Å². The standard InChI is InChI=1S/C33H30N2O10/c1-42-22-12-20(13-23(16-22)43-2)30(36)34-28-7-5-18(10-26(28)32(38)39)9-19-6-8-29(27(11-19)33(40)41)35-31(37)21-14-24(44-3)17-25(15-21)45-4/h5-8,10-17H,9H2,1-4H3,(H,34,36)(H,35,37)(H,38,39)(H,40,41)/p-2. The van der Waals surface area contributed by atoms with Gasteiger partial charge in [0.05, 0.1) is 51.8 Å². The van der Waals surface area contributed by atoms with Crippen LogP contribution in [0.1, 0.15) is 52.6 Å². The summed E-state index contributed by atoms with van der Waals surface area (Å²) in [7, 11) is 5.73. The molecule has 0 radical (unpaired) electrons. The molecule has 2 N–H and O–H groups in total. The van der Waals surface area contributed by atoms with Crippen LogP contribution in [0, 0.1) is 0 Å². The maximum Gasteiger partial charge on any atom is 0.255 e. The van der Waals surface area contributed by atoms with Crippen LogP contribution >= 0.6 is 0 Å². The molecule has 0 saturated carbocycles. The predicted molar refractivity (Wildman–Crippen MR) is 159 cm³/mol. The fourth-order valence-corrected chi connectivity index (χ4v) is 4.46. The Hall–Kier alpha value is -6.04. The summed E-state index contributed by atoms with van der Waals surface area (Å²) in [6.45, 7) is 0. The van der Waals surface area contributed by atoms with E-state index in [1.807, 2.05) is 0 Å². The van der Waals surface area contributed by atoms with Crippen LogP contribution in [0.5, 0.6) is 23.0 Å². The molecular weight excluding hydrogens is 584 g/mol. The minimum atomic E-state index is -1.53. The molecule has 45 heavy (non-hydrogen) atoms. The summed E-state index contributed by atoms with van der Waals surface area (Å²) in [4.78, 5) is 49.8. The number of anilines is 2. The maximum atomic E-state index is 12.9. The number of carboxylic acids is 2. The van der Waals surface area contributed by atoms with E-state index in [2.05, 4.69) is 10.6 Å². The number of carbonyl (C=O) groups is 4. The van der Waals surface area contributed by atoms with Gasteiger partial charge in [-0.3, -0.25) is 9.59 Å². The molecule has 0 atom stereocenters. The number of carboxylic acid groups (broad SMARTS) is 2. The molecular formula is C33H28N2O10-2. The summed E-state index contributed by atoms with van der Waals surface area (Å²) in [6, 6.07) is 17.7. The van der Waals surface area contributed by atoms with Crippen molar-refractivity contribution in [3.05, 3.63) is 106 Å². The van der Waals surface area contributed by atoms with Gasteiger partial charge in [-0.1, -0.05) is 12.1 Å². The summed E-state index contributed by atoms with van der Waals surface area (Å²) in [5.74, 6) is -2.78. The van der Waals surface area contributed by atoms with Crippen molar-refractivity contribution in [3.8, 4) is 23.0 Å². The van der Waals surface area contributed by atoms with Crippen LogP contribution in [-0.2, 0) is 6.42 Å². The smallest absolute Gasteiger partial charge is 0.255 e. The van der Waals surface area contributed by atoms with Crippen molar-refractivity contribution >= 4 is 35.1 Å². The molecule has 0 heterocycles. The van der Waals surface area contributed by atoms with Gasteiger partial charge in [-0.15, -0.1) is 0 Å². The molecule has 0 saturated heterocycles. The van der Waals surface area contributed by atoms with E-state index in [1.165, 1.54) is 77.0 Å². The maximum absolute atomic E-state index is 12.9. The number of ether oxygens (including phenoxy) is 4. The van der Waals surface area contributed by atoms with Crippen molar-refractivity contribution in [2.45, 2.75) is 6.42 Å². The van der Waals surface area contributed by atoms with Crippen LogP contribution < -0.4 is 39.8 Å². The van der Waals surface area contributed by atoms with Crippen molar-refractivity contribution < 1.29 is 48.3 Å². The van der Waals surface area contributed by atoms with E-state index >= 15 is 0 Å². The second-order valence-electron chi connectivity index (χ2n) is 9.62. The number of aromatic carboxylic acids is 2. The van der Waals surface area contributed by atoms with Crippen LogP contribution in [0.4, 0.5) is 11.4 Å². The summed E-state index contributed by atoms with van der Waals surface area (Å²) in [5.41, 5.74) is 0.738. The van der Waals surface area contributed by atoms with Gasteiger partial charge in [0.1, 0.15) is 23.0 Å². The number of rotatable bonds is 12. The van der Waals surface area contributed by atoms with E-state index in [4.69, 9.17) is 18.9 Å². The third kappa shape index (κ3) is 7.68. The molecule has 0 aliphatic heterocycles. The van der Waals surface area contributed by atoms with Crippen LogP contribution in [0.25, 0.3) is 0 Å². The number of hydrogen-bond donors (Lipinski definition) is 2. The fourth-order valence-electron chi connectivity index (χ4n) is 4.46. The van der Waals surface area contributed by atoms with Crippen molar-refractivity contribution in [2.24, 2.45) is 0 Å². The lowest BCUT2D eigenvalue weighted by Gasteiger charge is -2.16. The van der Waals surface area contributed by atoms with Gasteiger partial charge < -0.3 is 49.4 Å². The minimum Gasteiger partial charge on any atom is -0.545 e. The zero-order valence-electron chi connectivity index (χ0n) is 24.7. The zero-order valence-corrected chi connectivity index (χ0v) is 24.7. The van der Waals surface area contributed by atoms with Crippen LogP contribution in [0.2, 0.25) is 0 Å². The van der Waals surface area contributed by atoms with Gasteiger partial charge >= 0.3 is 0 Å². The monoisotopic (exact) mass is 612 g/mol. The van der Waals surface area contributed by atoms with Crippen LogP contribution in [-0.4, -0.2) is 52.2 Å². The minimum absolute atomic E-state index is 0.00630. The molecule has 0 spiro atoms. The van der Waals surface area contributed by atoms with Crippen molar-refractivity contribution in [1.29, 1.82) is 0 Å². The molecule has 12 nitrogen and oxygen atoms in total. The van der Waals surface area contributed by atoms with Gasteiger partial charge in [-0.05, 0) is 66.1 Å². The average molecular weight is 613 g/mol. The Kier molecular flexibility index (Phi) is 9.89. The number of benzene rings is 4. The number of nitrogens with one attached hydrogen (secondary N) is 2. The molecule has 12 heteroatoms. The SMILES string of the molecule is COc1cc(OC)cc(C(=O)Nc2ccc(Cc3ccc(NC(=O)c4cc(OC)cc(OC)c4)c(C(=O)[O-])c3)cc2C(=O)[O-])c1. The second-order valence-corrected chi connectivity index (χ2v) is 9.62. The van der Waals surface area contributed by atoms with E-state index < -0.39 is 23.8 Å². The Balaban J connectivity index is 1.56. The molecule has 0 unspecified atom stereocenters. The van der Waals surface area contributed by atoms with Gasteiger partial charge in [-0.2, -0.15) is 0 Å². The number of amides is 2. The molecule has 0 fully saturated rings. The third-order valence-corrected chi connectivity index (χ3v) is 6.74. The van der Waals surface area contributed by atoms with E-state index in [0.717, 1.165) is 0 Å². The number of carbonyl (C=O) groups excluding carboxylic acids is 4. The third-order valence-electron chi connectivity index (χ3n) is 6.74. The molecule has 232 valence electrons. The summed E-state index contributed by atoms with van der Waals surface area (Å²) >= 11 is 0. The lowest BCUT2D eigenvalue weighted by molar-refractivity contribution is -0.256. The molecule has 4 aromatic carbocycles. The van der Waals surface area contributed by atoms with Gasteiger partial charge in [0.2, 0.25) is 0 Å². The Morgan fingerprint density at radius 1 is 0.533 bits per heavy atom. The Bertz CT molecular complexity index is 1610. The first-order valence-corrected chi connectivity index (χ1v) is 13.3. The highest BCUT2D eigenvalue weighted by Gasteiger charge is 2.16. The quantitative estimate of drug-likeness (QED) is 0.242. The van der Waals surface area contributed by atoms with E-state index in [0.29, 0.717) is 34.1 Å². The van der Waals surface area contributed by atoms with Crippen LogP contribution in [0.3, 0.4) is 0 Å². The lowest BCUT2D eigenvalue weighted by atomic mass is 9.99. The Labute approximate surface area is 258 Å². The zero-order chi connectivity index (χ0) is 32.7. The van der Waals surface area contributed by atoms with Gasteiger partial charge in [0, 0.05) is 34.4 Å². The normalized spacial score (nSPS) is 10.4. The topological polar surface area (TPSA) is 175 Å². The van der Waals surface area contributed by atoms with E-state index in [1.54, 1.807) is 24.3 Å². The predicted octanol–water partition coefficient (Wildman–Crippen LogP) is 2.54. The molecule has 0 bridgehead atoms. The van der Waals surface area contributed by atoms with E-state index in [9.17, 15) is 29.4 Å². The van der Waals surface area contributed by atoms with E-state index in [-0.39, 0.29) is 40.0 Å². The first-order valence-electron chi connectivity index (χ1n) is 13.3. The first-order chi connectivity index (χ1) is 21.5. The highest BCUT2D eigenvalue weighted by Crippen LogP contribution is 2.27. The highest BCUT2D eigenvalue weighted by molar-refractivity contribution is 6.09. The Morgan fingerprint density at radius 3 is 1.16 bits per heavy atom. The summed E-state index contributed by atoms with van der Waals surface area (Å²) in [6.07, 6.45) is 0.114. The van der Waals surface area contributed by atoms with Crippen molar-refractivity contribution in [1.82, 2.24) is 0 Å².